The highest BCUT2D eigenvalue weighted by Gasteiger charge is 2.21. The van der Waals surface area contributed by atoms with E-state index in [1.165, 1.54) is 45.3 Å². The summed E-state index contributed by atoms with van der Waals surface area (Å²) in [5.41, 5.74) is 0. The minimum absolute atomic E-state index is 0. The van der Waals surface area contributed by atoms with Gasteiger partial charge in [0.25, 0.3) is 0 Å². The Balaban J connectivity index is 0.00000128. The fourth-order valence-corrected chi connectivity index (χ4v) is 2.73. The van der Waals surface area contributed by atoms with E-state index in [1.54, 1.807) is 0 Å². The first-order valence-corrected chi connectivity index (χ1v) is 6.35. The summed E-state index contributed by atoms with van der Waals surface area (Å²) in [5, 5.41) is 3.43. The Labute approximate surface area is 117 Å². The van der Waals surface area contributed by atoms with Crippen LogP contribution in [-0.4, -0.2) is 50.8 Å². The molecule has 0 aromatic rings. The van der Waals surface area contributed by atoms with Crippen LogP contribution in [0.1, 0.15) is 25.7 Å². The summed E-state index contributed by atoms with van der Waals surface area (Å²) in [4.78, 5) is 2.58. The van der Waals surface area contributed by atoms with Crippen molar-refractivity contribution in [2.24, 2.45) is 5.92 Å². The number of piperidine rings is 1. The van der Waals surface area contributed by atoms with Crippen molar-refractivity contribution in [2.45, 2.75) is 31.7 Å². The number of rotatable bonds is 3. The van der Waals surface area contributed by atoms with Crippen LogP contribution in [0.3, 0.4) is 0 Å². The van der Waals surface area contributed by atoms with Gasteiger partial charge in [-0.3, -0.25) is 0 Å². The number of halogens is 2. The predicted octanol–water partition coefficient (Wildman–Crippen LogP) is 1.94. The van der Waals surface area contributed by atoms with Gasteiger partial charge in [-0.15, -0.1) is 24.8 Å². The fourth-order valence-electron chi connectivity index (χ4n) is 2.73. The number of ether oxygens (including phenoxy) is 1. The highest BCUT2D eigenvalue weighted by Crippen LogP contribution is 2.18. The first-order chi connectivity index (χ1) is 7.36. The normalized spacial score (nSPS) is 22.9. The van der Waals surface area contributed by atoms with Crippen molar-refractivity contribution in [3.05, 3.63) is 0 Å². The molecule has 17 heavy (non-hydrogen) atoms. The van der Waals surface area contributed by atoms with Crippen molar-refractivity contribution < 1.29 is 4.74 Å². The van der Waals surface area contributed by atoms with Crippen LogP contribution in [0.5, 0.6) is 0 Å². The maximum Gasteiger partial charge on any atom is 0.0469 e. The van der Waals surface area contributed by atoms with E-state index in [0.29, 0.717) is 0 Å². The van der Waals surface area contributed by atoms with E-state index in [0.717, 1.165) is 25.2 Å². The van der Waals surface area contributed by atoms with Gasteiger partial charge in [0.1, 0.15) is 0 Å². The zero-order chi connectivity index (χ0) is 10.5. The third-order valence-corrected chi connectivity index (χ3v) is 3.82. The average Bonchev–Trinajstić information content (AvgIpc) is 2.31. The molecule has 2 heterocycles. The molecule has 2 fully saturated rings. The maximum atomic E-state index is 5.40. The lowest BCUT2D eigenvalue weighted by Gasteiger charge is -2.35. The molecular weight excluding hydrogens is 259 g/mol. The average molecular weight is 285 g/mol. The summed E-state index contributed by atoms with van der Waals surface area (Å²) in [6.45, 7) is 5.62. The third-order valence-electron chi connectivity index (χ3n) is 3.82. The van der Waals surface area contributed by atoms with E-state index in [-0.39, 0.29) is 24.8 Å². The lowest BCUT2D eigenvalue weighted by Crippen LogP contribution is -2.43. The van der Waals surface area contributed by atoms with E-state index < -0.39 is 0 Å². The smallest absolute Gasteiger partial charge is 0.0469 e. The quantitative estimate of drug-likeness (QED) is 0.857. The Kier molecular flexibility index (Phi) is 9.65. The molecule has 0 aromatic heterocycles. The molecule has 2 aliphatic heterocycles. The van der Waals surface area contributed by atoms with E-state index in [2.05, 4.69) is 17.3 Å². The van der Waals surface area contributed by atoms with Crippen molar-refractivity contribution in [1.29, 1.82) is 0 Å². The Morgan fingerprint density at radius 2 is 1.65 bits per heavy atom. The monoisotopic (exact) mass is 284 g/mol. The van der Waals surface area contributed by atoms with Crippen LogP contribution in [0, 0.1) is 5.92 Å². The second-order valence-electron chi connectivity index (χ2n) is 4.98. The van der Waals surface area contributed by atoms with E-state index in [9.17, 15) is 0 Å². The Hall–Kier alpha value is 0.460. The van der Waals surface area contributed by atoms with Gasteiger partial charge >= 0.3 is 0 Å². The van der Waals surface area contributed by atoms with Crippen molar-refractivity contribution in [3.63, 3.8) is 0 Å². The van der Waals surface area contributed by atoms with Crippen LogP contribution in [0.4, 0.5) is 0 Å². The van der Waals surface area contributed by atoms with Crippen LogP contribution in [0.25, 0.3) is 0 Å². The molecule has 0 bridgehead atoms. The largest absolute Gasteiger partial charge is 0.381 e. The third kappa shape index (κ3) is 5.75. The predicted molar refractivity (Wildman–Crippen MR) is 76.6 cm³/mol. The topological polar surface area (TPSA) is 24.5 Å². The van der Waals surface area contributed by atoms with Crippen molar-refractivity contribution in [2.75, 3.05) is 39.9 Å². The van der Waals surface area contributed by atoms with Crippen molar-refractivity contribution in [3.8, 4) is 0 Å². The number of hydrogen-bond donors (Lipinski definition) is 1. The minimum atomic E-state index is 0. The highest BCUT2D eigenvalue weighted by molar-refractivity contribution is 5.85. The molecule has 5 heteroatoms. The van der Waals surface area contributed by atoms with Gasteiger partial charge in [-0.05, 0) is 51.7 Å². The molecule has 104 valence electrons. The van der Waals surface area contributed by atoms with Gasteiger partial charge in [-0.25, -0.2) is 0 Å². The number of nitrogens with zero attached hydrogens (tertiary/aromatic N) is 1. The summed E-state index contributed by atoms with van der Waals surface area (Å²) in [6.07, 6.45) is 5.16. The Bertz CT molecular complexity index is 183. The SMILES string of the molecule is CN(CC1CCOCC1)C1CCNCC1.Cl.Cl. The van der Waals surface area contributed by atoms with Crippen LogP contribution < -0.4 is 5.32 Å². The molecule has 0 unspecified atom stereocenters. The Morgan fingerprint density at radius 3 is 2.24 bits per heavy atom. The first kappa shape index (κ1) is 17.5. The van der Waals surface area contributed by atoms with Gasteiger partial charge in [-0.2, -0.15) is 0 Å². The molecule has 2 aliphatic rings. The van der Waals surface area contributed by atoms with Crippen LogP contribution in [-0.2, 0) is 4.74 Å². The molecular formula is C12H26Cl2N2O. The molecule has 2 rings (SSSR count). The zero-order valence-corrected chi connectivity index (χ0v) is 12.3. The van der Waals surface area contributed by atoms with Gasteiger partial charge in [0.2, 0.25) is 0 Å². The molecule has 2 saturated heterocycles. The molecule has 0 atom stereocenters. The summed E-state index contributed by atoms with van der Waals surface area (Å²) in [7, 11) is 2.30. The van der Waals surface area contributed by atoms with Gasteiger partial charge in [0.05, 0.1) is 0 Å². The number of nitrogens with one attached hydrogen (secondary N) is 1. The first-order valence-electron chi connectivity index (χ1n) is 6.35. The van der Waals surface area contributed by atoms with Crippen LogP contribution in [0.15, 0.2) is 0 Å². The minimum Gasteiger partial charge on any atom is -0.381 e. The van der Waals surface area contributed by atoms with Gasteiger partial charge in [-0.1, -0.05) is 0 Å². The van der Waals surface area contributed by atoms with Crippen LogP contribution >= 0.6 is 24.8 Å². The molecule has 0 radical (unpaired) electrons. The molecule has 0 aromatic carbocycles. The lowest BCUT2D eigenvalue weighted by atomic mass is 9.97. The fraction of sp³-hybridized carbons (Fsp3) is 1.00. The Morgan fingerprint density at radius 1 is 1.06 bits per heavy atom. The van der Waals surface area contributed by atoms with E-state index >= 15 is 0 Å². The summed E-state index contributed by atoms with van der Waals surface area (Å²) >= 11 is 0. The molecule has 0 amide bonds. The molecule has 0 spiro atoms. The summed E-state index contributed by atoms with van der Waals surface area (Å²) < 4.78 is 5.40. The molecule has 0 saturated carbocycles. The number of hydrogen-bond acceptors (Lipinski definition) is 3. The second kappa shape index (κ2) is 9.40. The molecule has 1 N–H and O–H groups in total. The molecule has 3 nitrogen and oxygen atoms in total. The maximum absolute atomic E-state index is 5.40. The van der Waals surface area contributed by atoms with Crippen molar-refractivity contribution >= 4 is 24.8 Å². The van der Waals surface area contributed by atoms with Crippen molar-refractivity contribution in [1.82, 2.24) is 10.2 Å². The highest BCUT2D eigenvalue weighted by atomic mass is 35.5. The van der Waals surface area contributed by atoms with E-state index in [4.69, 9.17) is 4.74 Å². The zero-order valence-electron chi connectivity index (χ0n) is 10.7. The van der Waals surface area contributed by atoms with Gasteiger partial charge in [0.15, 0.2) is 0 Å². The lowest BCUT2D eigenvalue weighted by molar-refractivity contribution is 0.0479. The van der Waals surface area contributed by atoms with Crippen LogP contribution in [0.2, 0.25) is 0 Å². The van der Waals surface area contributed by atoms with Gasteiger partial charge < -0.3 is 15.0 Å². The van der Waals surface area contributed by atoms with Gasteiger partial charge in [0, 0.05) is 25.8 Å². The summed E-state index contributed by atoms with van der Waals surface area (Å²) in [5.74, 6) is 0.874. The summed E-state index contributed by atoms with van der Waals surface area (Å²) in [6, 6.07) is 0.814. The standard InChI is InChI=1S/C12H24N2O.2ClH/c1-14(12-2-6-13-7-3-12)10-11-4-8-15-9-5-11;;/h11-13H,2-10H2,1H3;2*1H. The van der Waals surface area contributed by atoms with E-state index in [1.807, 2.05) is 0 Å². The molecule has 0 aliphatic carbocycles. The second-order valence-corrected chi connectivity index (χ2v) is 4.98.